The van der Waals surface area contributed by atoms with Gasteiger partial charge in [-0.15, -0.1) is 0 Å². The van der Waals surface area contributed by atoms with E-state index < -0.39 is 5.91 Å². The summed E-state index contributed by atoms with van der Waals surface area (Å²) in [6.45, 7) is 10.0. The van der Waals surface area contributed by atoms with Crippen LogP contribution in [0.2, 0.25) is 0 Å². The highest BCUT2D eigenvalue weighted by Gasteiger charge is 2.21. The van der Waals surface area contributed by atoms with Crippen LogP contribution in [0.15, 0.2) is 36.5 Å². The third-order valence-electron chi connectivity index (χ3n) is 7.04. The second-order valence-corrected chi connectivity index (χ2v) is 9.42. The Kier molecular flexibility index (Phi) is 8.84. The first-order chi connectivity index (χ1) is 18.0. The van der Waals surface area contributed by atoms with E-state index in [-0.39, 0.29) is 6.61 Å². The van der Waals surface area contributed by atoms with Crippen molar-refractivity contribution < 1.29 is 19.4 Å². The fraction of sp³-hybridized carbons (Fsp3) is 0.448. The molecule has 198 valence electrons. The second kappa shape index (κ2) is 12.3. The lowest BCUT2D eigenvalue weighted by atomic mass is 9.96. The van der Waals surface area contributed by atoms with E-state index in [9.17, 15) is 9.90 Å². The molecule has 0 unspecified atom stereocenters. The summed E-state index contributed by atoms with van der Waals surface area (Å²) in [6, 6.07) is 9.96. The van der Waals surface area contributed by atoms with Gasteiger partial charge in [-0.1, -0.05) is 19.1 Å². The van der Waals surface area contributed by atoms with Crippen LogP contribution < -0.4 is 20.5 Å². The second-order valence-electron chi connectivity index (χ2n) is 9.42. The van der Waals surface area contributed by atoms with Gasteiger partial charge in [-0.05, 0) is 75.4 Å². The zero-order chi connectivity index (χ0) is 26.4. The van der Waals surface area contributed by atoms with Crippen LogP contribution in [0.4, 0.5) is 11.4 Å². The van der Waals surface area contributed by atoms with Crippen molar-refractivity contribution in [2.45, 2.75) is 46.6 Å². The van der Waals surface area contributed by atoms with Crippen LogP contribution in [0, 0.1) is 5.92 Å². The van der Waals surface area contributed by atoms with Gasteiger partial charge in [-0.25, -0.2) is 0 Å². The molecule has 1 fully saturated rings. The van der Waals surface area contributed by atoms with Crippen LogP contribution in [-0.2, 0) is 13.0 Å². The minimum absolute atomic E-state index is 0.270. The van der Waals surface area contributed by atoms with Crippen LogP contribution in [0.25, 0.3) is 10.9 Å². The first kappa shape index (κ1) is 26.7. The van der Waals surface area contributed by atoms with E-state index in [2.05, 4.69) is 28.2 Å². The van der Waals surface area contributed by atoms with Crippen molar-refractivity contribution in [1.29, 1.82) is 0 Å². The maximum atomic E-state index is 12.4. The van der Waals surface area contributed by atoms with Gasteiger partial charge in [0, 0.05) is 36.5 Å². The quantitative estimate of drug-likeness (QED) is 0.347. The van der Waals surface area contributed by atoms with Gasteiger partial charge in [0.2, 0.25) is 0 Å². The lowest BCUT2D eigenvalue weighted by Crippen LogP contribution is -2.34. The summed E-state index contributed by atoms with van der Waals surface area (Å²) in [5.74, 6) is 1.07. The molecule has 0 bridgehead atoms. The summed E-state index contributed by atoms with van der Waals surface area (Å²) in [7, 11) is 0. The molecule has 3 aromatic rings. The van der Waals surface area contributed by atoms with E-state index in [1.54, 1.807) is 0 Å². The maximum absolute atomic E-state index is 12.4. The summed E-state index contributed by atoms with van der Waals surface area (Å²) in [4.78, 5) is 19.4. The van der Waals surface area contributed by atoms with Gasteiger partial charge >= 0.3 is 0 Å². The number of aliphatic hydroxyl groups is 1. The van der Waals surface area contributed by atoms with Gasteiger partial charge in [-0.2, -0.15) is 0 Å². The van der Waals surface area contributed by atoms with Crippen molar-refractivity contribution in [1.82, 2.24) is 9.88 Å². The highest BCUT2D eigenvalue weighted by molar-refractivity contribution is 6.08. The standard InChI is InChI=1S/C29H38N4O4/c1-4-21-20(17-33-12-10-19(18-34)11-13-33)8-7-9-24(21)32-28-22-14-26(36-5-2)27(37-6-3)15-25(22)31-16-23(28)29(30)35/h7-9,14-16,19,34H,4-6,10-13,17-18H2,1-3H3,(H2,30,35)(H,31,32). The Morgan fingerprint density at radius 2 is 1.84 bits per heavy atom. The number of likely N-dealkylation sites (tertiary alicyclic amines) is 1. The van der Waals surface area contributed by atoms with Crippen LogP contribution in [0.5, 0.6) is 11.5 Å². The average Bonchev–Trinajstić information content (AvgIpc) is 2.90. The highest BCUT2D eigenvalue weighted by atomic mass is 16.5. The van der Waals surface area contributed by atoms with E-state index in [0.29, 0.717) is 47.4 Å². The monoisotopic (exact) mass is 506 g/mol. The highest BCUT2D eigenvalue weighted by Crippen LogP contribution is 2.38. The van der Waals surface area contributed by atoms with Gasteiger partial charge in [0.15, 0.2) is 11.5 Å². The van der Waals surface area contributed by atoms with E-state index in [1.807, 2.05) is 38.1 Å². The van der Waals surface area contributed by atoms with Crippen LogP contribution in [0.3, 0.4) is 0 Å². The molecule has 2 heterocycles. The van der Waals surface area contributed by atoms with Crippen molar-refractivity contribution in [2.75, 3.05) is 38.2 Å². The fourth-order valence-electron chi connectivity index (χ4n) is 5.08. The zero-order valence-electron chi connectivity index (χ0n) is 22.0. The van der Waals surface area contributed by atoms with Crippen LogP contribution in [0.1, 0.15) is 55.1 Å². The minimum Gasteiger partial charge on any atom is -0.490 e. The first-order valence-electron chi connectivity index (χ1n) is 13.2. The van der Waals surface area contributed by atoms with Gasteiger partial charge < -0.3 is 25.6 Å². The SMILES string of the molecule is CCOc1cc2ncc(C(N)=O)c(Nc3cccc(CN4CCC(CO)CC4)c3CC)c2cc1OCC. The molecule has 4 rings (SSSR count). The molecule has 8 heteroatoms. The number of rotatable bonds is 11. The number of fused-ring (bicyclic) bond motifs is 1. The number of benzene rings is 2. The number of nitrogens with two attached hydrogens (primary N) is 1. The first-order valence-corrected chi connectivity index (χ1v) is 13.2. The van der Waals surface area contributed by atoms with Gasteiger partial charge in [0.05, 0.1) is 30.0 Å². The van der Waals surface area contributed by atoms with Crippen molar-refractivity contribution >= 4 is 28.2 Å². The lowest BCUT2D eigenvalue weighted by Gasteiger charge is -2.31. The average molecular weight is 507 g/mol. The molecule has 1 aliphatic rings. The molecule has 0 aliphatic carbocycles. The molecule has 4 N–H and O–H groups in total. The largest absolute Gasteiger partial charge is 0.490 e. The third kappa shape index (κ3) is 5.97. The Bertz CT molecular complexity index is 1240. The predicted molar refractivity (Wildman–Crippen MR) is 147 cm³/mol. The molecule has 1 amide bonds. The number of carbonyl (C=O) groups is 1. The number of anilines is 2. The molecule has 1 saturated heterocycles. The van der Waals surface area contributed by atoms with Crippen molar-refractivity contribution in [3.8, 4) is 11.5 Å². The van der Waals surface area contributed by atoms with Crippen molar-refractivity contribution in [3.63, 3.8) is 0 Å². The number of piperidine rings is 1. The number of pyridine rings is 1. The normalized spacial score (nSPS) is 14.6. The number of aliphatic hydroxyl groups excluding tert-OH is 1. The smallest absolute Gasteiger partial charge is 0.252 e. The lowest BCUT2D eigenvalue weighted by molar-refractivity contribution is 0.100. The molecule has 0 spiro atoms. The number of aromatic nitrogens is 1. The molecule has 1 aromatic heterocycles. The van der Waals surface area contributed by atoms with E-state index in [4.69, 9.17) is 15.2 Å². The topological polar surface area (TPSA) is 110 Å². The Labute approximate surface area is 218 Å². The molecule has 37 heavy (non-hydrogen) atoms. The van der Waals surface area contributed by atoms with Crippen LogP contribution in [-0.4, -0.2) is 53.8 Å². The maximum Gasteiger partial charge on any atom is 0.252 e. The molecule has 2 aromatic carbocycles. The zero-order valence-corrected chi connectivity index (χ0v) is 22.0. The number of carbonyl (C=O) groups excluding carboxylic acids is 1. The molecule has 0 radical (unpaired) electrons. The number of nitrogens with zero attached hydrogens (tertiary/aromatic N) is 2. The Morgan fingerprint density at radius 1 is 1.14 bits per heavy atom. The molecule has 1 aliphatic heterocycles. The Balaban J connectivity index is 1.74. The fourth-order valence-corrected chi connectivity index (χ4v) is 5.08. The summed E-state index contributed by atoms with van der Waals surface area (Å²) < 4.78 is 11.6. The van der Waals surface area contributed by atoms with E-state index >= 15 is 0 Å². The molecule has 0 saturated carbocycles. The molecular weight excluding hydrogens is 468 g/mol. The Hall–Kier alpha value is -3.36. The van der Waals surface area contributed by atoms with E-state index in [1.165, 1.54) is 17.3 Å². The summed E-state index contributed by atoms with van der Waals surface area (Å²) in [5, 5.41) is 13.8. The number of hydrogen-bond acceptors (Lipinski definition) is 7. The predicted octanol–water partition coefficient (Wildman–Crippen LogP) is 4.64. The van der Waals surface area contributed by atoms with Crippen LogP contribution >= 0.6 is 0 Å². The Morgan fingerprint density at radius 3 is 2.46 bits per heavy atom. The summed E-state index contributed by atoms with van der Waals surface area (Å²) in [6.07, 6.45) is 4.39. The van der Waals surface area contributed by atoms with Gasteiger partial charge in [0.25, 0.3) is 5.91 Å². The summed E-state index contributed by atoms with van der Waals surface area (Å²) in [5.41, 5.74) is 10.8. The van der Waals surface area contributed by atoms with Crippen molar-refractivity contribution in [2.24, 2.45) is 11.7 Å². The molecular formula is C29H38N4O4. The number of primary amides is 1. The van der Waals surface area contributed by atoms with E-state index in [0.717, 1.165) is 50.0 Å². The number of amides is 1. The number of nitrogens with one attached hydrogen (secondary N) is 1. The number of hydrogen-bond donors (Lipinski definition) is 3. The minimum atomic E-state index is -0.551. The number of ether oxygens (including phenoxy) is 2. The summed E-state index contributed by atoms with van der Waals surface area (Å²) >= 11 is 0. The van der Waals surface area contributed by atoms with Gasteiger partial charge in [0.1, 0.15) is 0 Å². The third-order valence-corrected chi connectivity index (χ3v) is 7.04. The molecule has 0 atom stereocenters. The van der Waals surface area contributed by atoms with Crippen molar-refractivity contribution in [3.05, 3.63) is 53.2 Å². The van der Waals surface area contributed by atoms with Gasteiger partial charge in [-0.3, -0.25) is 14.7 Å². The molecule has 8 nitrogen and oxygen atoms in total.